The van der Waals surface area contributed by atoms with Gasteiger partial charge in [-0.25, -0.2) is 9.67 Å². The van der Waals surface area contributed by atoms with Gasteiger partial charge in [0.2, 0.25) is 0 Å². The van der Waals surface area contributed by atoms with Gasteiger partial charge in [0.15, 0.2) is 11.4 Å². The van der Waals surface area contributed by atoms with Crippen LogP contribution in [0.2, 0.25) is 0 Å². The molecule has 232 valence electrons. The molecule has 5 aromatic rings. The lowest BCUT2D eigenvalue weighted by Gasteiger charge is -2.28. The largest absolute Gasteiger partial charge is 0.385 e. The summed E-state index contributed by atoms with van der Waals surface area (Å²) < 4.78 is 7.40. The molecule has 0 radical (unpaired) electrons. The van der Waals surface area contributed by atoms with Crippen molar-refractivity contribution < 1.29 is 14.6 Å². The van der Waals surface area contributed by atoms with Crippen molar-refractivity contribution in [1.29, 1.82) is 0 Å². The van der Waals surface area contributed by atoms with Gasteiger partial charge in [0, 0.05) is 62.4 Å². The number of aliphatic hydroxyl groups is 1. The number of aliphatic hydroxyl groups excluding tert-OH is 1. The molecule has 8 heteroatoms. The molecule has 0 aliphatic carbocycles. The maximum atomic E-state index is 13.3. The number of hydrogen-bond acceptors (Lipinski definition) is 7. The maximum Gasteiger partial charge on any atom is 0.167 e. The minimum atomic E-state index is -0.750. The Kier molecular flexibility index (Phi) is 9.07. The van der Waals surface area contributed by atoms with E-state index in [9.17, 15) is 9.90 Å². The monoisotopic (exact) mass is 603 g/mol. The number of aromatic nitrogens is 3. The number of fused-ring (bicyclic) bond motifs is 1. The molecule has 0 spiro atoms. The van der Waals surface area contributed by atoms with E-state index >= 15 is 0 Å². The number of carbonyl (C=O) groups is 1. The van der Waals surface area contributed by atoms with Crippen LogP contribution in [0, 0.1) is 13.8 Å². The Balaban J connectivity index is 1.34. The van der Waals surface area contributed by atoms with E-state index in [-0.39, 0.29) is 5.78 Å². The molecule has 1 unspecified atom stereocenters. The number of anilines is 1. The summed E-state index contributed by atoms with van der Waals surface area (Å²) in [4.78, 5) is 22.6. The number of hydrogen-bond donors (Lipinski definition) is 1. The van der Waals surface area contributed by atoms with Crippen molar-refractivity contribution in [3.8, 4) is 11.3 Å². The summed E-state index contributed by atoms with van der Waals surface area (Å²) in [6, 6.07) is 26.3. The molecule has 1 saturated heterocycles. The molecular weight excluding hydrogens is 562 g/mol. The highest BCUT2D eigenvalue weighted by Gasteiger charge is 2.23. The van der Waals surface area contributed by atoms with Crippen LogP contribution in [-0.4, -0.2) is 77.5 Å². The molecule has 1 fully saturated rings. The lowest BCUT2D eigenvalue weighted by molar-refractivity contribution is 0.0137. The van der Waals surface area contributed by atoms with E-state index in [4.69, 9.17) is 14.8 Å². The van der Waals surface area contributed by atoms with Crippen LogP contribution in [-0.2, 0) is 17.7 Å². The molecule has 45 heavy (non-hydrogen) atoms. The number of nitrogens with zero attached hydrogens (tertiary/aromatic N) is 5. The van der Waals surface area contributed by atoms with E-state index in [1.165, 1.54) is 5.56 Å². The predicted molar refractivity (Wildman–Crippen MR) is 179 cm³/mol. The number of Topliss-reactive ketones (excluding diaryl/α,β-unsaturated/α-hetero) is 1. The second-order valence-corrected chi connectivity index (χ2v) is 12.2. The average Bonchev–Trinajstić information content (AvgIpc) is 3.41. The molecule has 8 nitrogen and oxygen atoms in total. The van der Waals surface area contributed by atoms with Gasteiger partial charge in [-0.05, 0) is 60.9 Å². The fourth-order valence-corrected chi connectivity index (χ4v) is 5.86. The minimum Gasteiger partial charge on any atom is -0.385 e. The van der Waals surface area contributed by atoms with Gasteiger partial charge < -0.3 is 14.7 Å². The van der Waals surface area contributed by atoms with E-state index in [1.807, 2.05) is 66.1 Å². The molecule has 3 aromatic carbocycles. The molecule has 3 heterocycles. The number of morpholine rings is 1. The number of rotatable bonds is 10. The first-order valence-corrected chi connectivity index (χ1v) is 15.6. The number of aryl methyl sites for hydroxylation is 2. The number of carbonyl (C=O) groups excluding carboxylic acids is 1. The smallest absolute Gasteiger partial charge is 0.167 e. The van der Waals surface area contributed by atoms with Crippen LogP contribution in [0.3, 0.4) is 0 Å². The fraction of sp³-hybridized carbons (Fsp3) is 0.324. The first-order chi connectivity index (χ1) is 21.7. The van der Waals surface area contributed by atoms with Gasteiger partial charge >= 0.3 is 0 Å². The molecule has 0 saturated carbocycles. The van der Waals surface area contributed by atoms with Crippen LogP contribution in [0.15, 0.2) is 78.9 Å². The van der Waals surface area contributed by atoms with E-state index in [2.05, 4.69) is 55.1 Å². The Hall–Kier alpha value is -4.37. The van der Waals surface area contributed by atoms with Crippen molar-refractivity contribution in [1.82, 2.24) is 19.7 Å². The zero-order valence-electron chi connectivity index (χ0n) is 26.5. The van der Waals surface area contributed by atoms with Gasteiger partial charge in [-0.3, -0.25) is 9.69 Å². The summed E-state index contributed by atoms with van der Waals surface area (Å²) in [5, 5.41) is 17.1. The zero-order valence-corrected chi connectivity index (χ0v) is 26.5. The van der Waals surface area contributed by atoms with E-state index in [0.717, 1.165) is 57.8 Å². The van der Waals surface area contributed by atoms with Crippen molar-refractivity contribution in [2.24, 2.45) is 0 Å². The van der Waals surface area contributed by atoms with Crippen LogP contribution in [0.5, 0.6) is 0 Å². The van der Waals surface area contributed by atoms with Gasteiger partial charge in [0.05, 0.1) is 25.5 Å². The molecular formula is C37H41N5O3. The van der Waals surface area contributed by atoms with Crippen LogP contribution in [0.4, 0.5) is 5.69 Å². The summed E-state index contributed by atoms with van der Waals surface area (Å²) in [6.45, 7) is 8.10. The topological polar surface area (TPSA) is 83.7 Å². The number of ether oxygens (including phenoxy) is 1. The third-order valence-electron chi connectivity index (χ3n) is 8.55. The zero-order chi connectivity index (χ0) is 31.5. The fourth-order valence-electron chi connectivity index (χ4n) is 5.86. The van der Waals surface area contributed by atoms with Crippen molar-refractivity contribution in [3.63, 3.8) is 0 Å². The van der Waals surface area contributed by atoms with Crippen molar-refractivity contribution in [2.75, 3.05) is 51.8 Å². The van der Waals surface area contributed by atoms with Crippen molar-refractivity contribution >= 4 is 22.5 Å². The minimum absolute atomic E-state index is 0.0759. The highest BCUT2D eigenvalue weighted by molar-refractivity contribution is 5.98. The molecule has 1 N–H and O–H groups in total. The summed E-state index contributed by atoms with van der Waals surface area (Å²) in [7, 11) is 3.94. The number of pyridine rings is 1. The number of β-amino-alcohol motifs (C(OH)–C–C–N with tert-alkyl or cyclic N) is 1. The molecule has 2 aromatic heterocycles. The lowest BCUT2D eigenvalue weighted by atomic mass is 9.97. The van der Waals surface area contributed by atoms with Gasteiger partial charge in [-0.2, -0.15) is 5.10 Å². The van der Waals surface area contributed by atoms with Crippen LogP contribution in [0.25, 0.3) is 22.3 Å². The highest BCUT2D eigenvalue weighted by atomic mass is 16.5. The van der Waals surface area contributed by atoms with Crippen LogP contribution >= 0.6 is 0 Å². The van der Waals surface area contributed by atoms with Crippen molar-refractivity contribution in [2.45, 2.75) is 32.9 Å². The normalized spacial score (nSPS) is 14.5. The Bertz CT molecular complexity index is 1810. The number of benzene rings is 3. The summed E-state index contributed by atoms with van der Waals surface area (Å²) in [5.41, 5.74) is 9.17. The molecule has 0 amide bonds. The van der Waals surface area contributed by atoms with Crippen LogP contribution in [0.1, 0.15) is 44.4 Å². The highest BCUT2D eigenvalue weighted by Crippen LogP contribution is 2.30. The molecule has 1 atom stereocenters. The number of ketones is 1. The molecule has 1 aliphatic rings. The molecule has 0 bridgehead atoms. The Labute approximate surface area is 264 Å². The Morgan fingerprint density at radius 1 is 0.956 bits per heavy atom. The summed E-state index contributed by atoms with van der Waals surface area (Å²) >= 11 is 0. The standard InChI is InChI=1S/C37H41N5O3/c1-25-8-11-27(12-9-25)23-42-37-31(36(39-42)35(44)24-41-16-18-45-19-17-41)14-15-33(38-37)32-20-28(13-10-26(32)2)21-34(43)29-6-5-7-30(22-29)40(3)4/h5-15,20,22,35,44H,16-19,21,23-24H2,1-4H3. The molecule has 6 rings (SSSR count). The quantitative estimate of drug-likeness (QED) is 0.208. The lowest BCUT2D eigenvalue weighted by Crippen LogP contribution is -2.38. The first-order valence-electron chi connectivity index (χ1n) is 15.6. The van der Waals surface area contributed by atoms with Gasteiger partial charge in [0.1, 0.15) is 11.8 Å². The van der Waals surface area contributed by atoms with E-state index in [0.29, 0.717) is 44.0 Å². The van der Waals surface area contributed by atoms with Gasteiger partial charge in [-0.1, -0.05) is 54.1 Å². The maximum absolute atomic E-state index is 13.3. The Morgan fingerprint density at radius 2 is 1.71 bits per heavy atom. The van der Waals surface area contributed by atoms with E-state index < -0.39 is 6.10 Å². The SMILES string of the molecule is Cc1ccc(Cn2nc(C(O)CN3CCOCC3)c3ccc(-c4cc(CC(=O)c5cccc(N(C)C)c5)ccc4C)nc32)cc1. The van der Waals surface area contributed by atoms with Gasteiger partial charge in [0.25, 0.3) is 0 Å². The first kappa shape index (κ1) is 30.6. The van der Waals surface area contributed by atoms with Gasteiger partial charge in [-0.15, -0.1) is 0 Å². The Morgan fingerprint density at radius 3 is 2.47 bits per heavy atom. The van der Waals surface area contributed by atoms with E-state index in [1.54, 1.807) is 0 Å². The third kappa shape index (κ3) is 6.99. The summed E-state index contributed by atoms with van der Waals surface area (Å²) in [5.74, 6) is 0.0759. The predicted octanol–water partition coefficient (Wildman–Crippen LogP) is 5.62. The molecule has 1 aliphatic heterocycles. The second-order valence-electron chi connectivity index (χ2n) is 12.2. The van der Waals surface area contributed by atoms with Crippen LogP contribution < -0.4 is 4.90 Å². The van der Waals surface area contributed by atoms with Crippen molar-refractivity contribution in [3.05, 3.63) is 112 Å². The summed E-state index contributed by atoms with van der Waals surface area (Å²) in [6.07, 6.45) is -0.449. The second kappa shape index (κ2) is 13.3. The third-order valence-corrected chi connectivity index (χ3v) is 8.55. The average molecular weight is 604 g/mol.